The average molecular weight is 253 g/mol. The molecule has 7 nitrogen and oxygen atoms in total. The fourth-order valence-corrected chi connectivity index (χ4v) is 1.38. The van der Waals surface area contributed by atoms with Gasteiger partial charge in [0, 0.05) is 5.54 Å². The molecule has 0 saturated heterocycles. The minimum atomic E-state index is -0.911. The molecule has 2 N–H and O–H groups in total. The first-order valence-corrected chi connectivity index (χ1v) is 5.26. The Kier molecular flexibility index (Phi) is 4.19. The number of anilines is 1. The van der Waals surface area contributed by atoms with Crippen molar-refractivity contribution in [2.45, 2.75) is 25.8 Å². The number of carboxylic acid groups (broad SMARTS) is 1. The predicted molar refractivity (Wildman–Crippen MR) is 63.3 cm³/mol. The van der Waals surface area contributed by atoms with Crippen molar-refractivity contribution in [1.29, 1.82) is 0 Å². The minimum absolute atomic E-state index is 0.0621. The van der Waals surface area contributed by atoms with Gasteiger partial charge in [-0.05, 0) is 26.0 Å². The average Bonchev–Trinajstić information content (AvgIpc) is 2.26. The summed E-state index contributed by atoms with van der Waals surface area (Å²) in [4.78, 5) is 21.8. The standard InChI is InChI=1S/C11H15N3O4/c1-11(2,6-9(15)16)12-8-5-4-7(13-14-8)10(17)18-3/h4-5H,6H2,1-3H3,(H,12,14)(H,15,16). The number of methoxy groups -OCH3 is 1. The van der Waals surface area contributed by atoms with E-state index in [2.05, 4.69) is 20.3 Å². The van der Waals surface area contributed by atoms with Gasteiger partial charge in [-0.25, -0.2) is 4.79 Å². The van der Waals surface area contributed by atoms with E-state index in [1.807, 2.05) is 0 Å². The minimum Gasteiger partial charge on any atom is -0.481 e. The lowest BCUT2D eigenvalue weighted by Gasteiger charge is -2.24. The molecule has 0 unspecified atom stereocenters. The van der Waals surface area contributed by atoms with Gasteiger partial charge in [-0.3, -0.25) is 4.79 Å². The van der Waals surface area contributed by atoms with E-state index in [4.69, 9.17) is 5.11 Å². The maximum absolute atomic E-state index is 11.1. The second-order valence-corrected chi connectivity index (χ2v) is 4.37. The van der Waals surface area contributed by atoms with Crippen LogP contribution >= 0.6 is 0 Å². The van der Waals surface area contributed by atoms with Crippen molar-refractivity contribution in [3.05, 3.63) is 17.8 Å². The van der Waals surface area contributed by atoms with Crippen molar-refractivity contribution in [1.82, 2.24) is 10.2 Å². The summed E-state index contributed by atoms with van der Waals surface area (Å²) in [6, 6.07) is 3.00. The first-order chi connectivity index (χ1) is 8.34. The smallest absolute Gasteiger partial charge is 0.358 e. The molecule has 0 fully saturated rings. The van der Waals surface area contributed by atoms with E-state index in [9.17, 15) is 9.59 Å². The lowest BCUT2D eigenvalue weighted by atomic mass is 10.0. The van der Waals surface area contributed by atoms with Crippen molar-refractivity contribution in [2.24, 2.45) is 0 Å². The van der Waals surface area contributed by atoms with Crippen LogP contribution in [0.3, 0.4) is 0 Å². The molecule has 0 radical (unpaired) electrons. The third-order valence-electron chi connectivity index (χ3n) is 2.12. The molecule has 98 valence electrons. The molecule has 0 aliphatic heterocycles. The van der Waals surface area contributed by atoms with Crippen LogP contribution < -0.4 is 5.32 Å². The number of aliphatic carboxylic acids is 1. The summed E-state index contributed by atoms with van der Waals surface area (Å²) in [5.74, 6) is -1.08. The summed E-state index contributed by atoms with van der Waals surface area (Å²) in [7, 11) is 1.26. The van der Waals surface area contributed by atoms with Crippen LogP contribution in [0.1, 0.15) is 30.8 Å². The van der Waals surface area contributed by atoms with Crippen molar-refractivity contribution < 1.29 is 19.4 Å². The molecule has 0 aliphatic carbocycles. The highest BCUT2D eigenvalue weighted by atomic mass is 16.5. The molecule has 0 aromatic carbocycles. The molecule has 1 rings (SSSR count). The highest BCUT2D eigenvalue weighted by Crippen LogP contribution is 2.15. The number of ether oxygens (including phenoxy) is 1. The van der Waals surface area contributed by atoms with Gasteiger partial charge in [0.1, 0.15) is 5.82 Å². The van der Waals surface area contributed by atoms with Gasteiger partial charge < -0.3 is 15.2 Å². The fraction of sp³-hybridized carbons (Fsp3) is 0.455. The number of esters is 1. The maximum Gasteiger partial charge on any atom is 0.358 e. The number of carbonyl (C=O) groups is 2. The monoisotopic (exact) mass is 253 g/mol. The molecular formula is C11H15N3O4. The Hall–Kier alpha value is -2.18. The highest BCUT2D eigenvalue weighted by molar-refractivity contribution is 5.86. The number of nitrogens with zero attached hydrogens (tertiary/aromatic N) is 2. The predicted octanol–water partition coefficient (Wildman–Crippen LogP) is 0.928. The van der Waals surface area contributed by atoms with E-state index in [0.717, 1.165) is 0 Å². The Morgan fingerprint density at radius 1 is 1.39 bits per heavy atom. The number of hydrogen-bond acceptors (Lipinski definition) is 6. The second kappa shape index (κ2) is 5.44. The van der Waals surface area contributed by atoms with Crippen LogP contribution in [-0.4, -0.2) is 39.9 Å². The Morgan fingerprint density at radius 2 is 2.06 bits per heavy atom. The molecule has 1 aromatic heterocycles. The zero-order valence-electron chi connectivity index (χ0n) is 10.4. The number of carbonyl (C=O) groups excluding carboxylic acids is 1. The summed E-state index contributed by atoms with van der Waals surface area (Å²) in [5, 5.41) is 19.1. The lowest BCUT2D eigenvalue weighted by molar-refractivity contribution is -0.137. The number of hydrogen-bond donors (Lipinski definition) is 2. The number of nitrogens with one attached hydrogen (secondary N) is 1. The van der Waals surface area contributed by atoms with Gasteiger partial charge in [0.2, 0.25) is 0 Å². The topological polar surface area (TPSA) is 101 Å². The number of rotatable bonds is 5. The van der Waals surface area contributed by atoms with Gasteiger partial charge >= 0.3 is 11.9 Å². The summed E-state index contributed by atoms with van der Waals surface area (Å²) in [6.45, 7) is 3.47. The van der Waals surface area contributed by atoms with Crippen LogP contribution in [0.15, 0.2) is 12.1 Å². The highest BCUT2D eigenvalue weighted by Gasteiger charge is 2.22. The van der Waals surface area contributed by atoms with Crippen LogP contribution in [0.2, 0.25) is 0 Å². The summed E-state index contributed by atoms with van der Waals surface area (Å²) in [5.41, 5.74) is -0.563. The molecule has 0 bridgehead atoms. The largest absolute Gasteiger partial charge is 0.481 e. The number of aromatic nitrogens is 2. The zero-order valence-corrected chi connectivity index (χ0v) is 10.4. The van der Waals surface area contributed by atoms with Crippen LogP contribution in [0.5, 0.6) is 0 Å². The molecule has 0 atom stereocenters. The maximum atomic E-state index is 11.1. The molecule has 18 heavy (non-hydrogen) atoms. The van der Waals surface area contributed by atoms with Crippen LogP contribution in [0.25, 0.3) is 0 Å². The Morgan fingerprint density at radius 3 is 2.50 bits per heavy atom. The van der Waals surface area contributed by atoms with Gasteiger partial charge in [-0.1, -0.05) is 0 Å². The van der Waals surface area contributed by atoms with E-state index >= 15 is 0 Å². The molecule has 7 heteroatoms. The van der Waals surface area contributed by atoms with Crippen molar-refractivity contribution in [2.75, 3.05) is 12.4 Å². The van der Waals surface area contributed by atoms with Crippen LogP contribution in [0, 0.1) is 0 Å². The molecule has 0 saturated carbocycles. The molecule has 0 amide bonds. The first-order valence-electron chi connectivity index (χ1n) is 5.26. The number of carboxylic acids is 1. The Balaban J connectivity index is 2.74. The second-order valence-electron chi connectivity index (χ2n) is 4.37. The van der Waals surface area contributed by atoms with Gasteiger partial charge in [-0.15, -0.1) is 10.2 Å². The third kappa shape index (κ3) is 4.00. The third-order valence-corrected chi connectivity index (χ3v) is 2.12. The molecule has 0 spiro atoms. The normalized spacial score (nSPS) is 10.8. The summed E-state index contributed by atoms with van der Waals surface area (Å²) >= 11 is 0. The van der Waals surface area contributed by atoms with Gasteiger partial charge in [0.25, 0.3) is 0 Å². The summed E-state index contributed by atoms with van der Waals surface area (Å²) in [6.07, 6.45) is -0.0621. The van der Waals surface area contributed by atoms with E-state index in [0.29, 0.717) is 5.82 Å². The zero-order chi connectivity index (χ0) is 13.8. The van der Waals surface area contributed by atoms with E-state index in [1.165, 1.54) is 13.2 Å². The SMILES string of the molecule is COC(=O)c1ccc(NC(C)(C)CC(=O)O)nn1. The van der Waals surface area contributed by atoms with Crippen LogP contribution in [-0.2, 0) is 9.53 Å². The Bertz CT molecular complexity index is 442. The van der Waals surface area contributed by atoms with Crippen molar-refractivity contribution in [3.63, 3.8) is 0 Å². The Labute approximate surface area is 104 Å². The van der Waals surface area contributed by atoms with Crippen molar-refractivity contribution in [3.8, 4) is 0 Å². The van der Waals surface area contributed by atoms with E-state index in [-0.39, 0.29) is 12.1 Å². The molecular weight excluding hydrogens is 238 g/mol. The van der Waals surface area contributed by atoms with Gasteiger partial charge in [-0.2, -0.15) is 0 Å². The van der Waals surface area contributed by atoms with E-state index in [1.54, 1.807) is 19.9 Å². The van der Waals surface area contributed by atoms with Crippen molar-refractivity contribution >= 4 is 17.8 Å². The fourth-order valence-electron chi connectivity index (χ4n) is 1.38. The summed E-state index contributed by atoms with van der Waals surface area (Å²) < 4.78 is 4.49. The molecule has 1 aromatic rings. The van der Waals surface area contributed by atoms with Gasteiger partial charge in [0.15, 0.2) is 5.69 Å². The lowest BCUT2D eigenvalue weighted by Crippen LogP contribution is -2.34. The van der Waals surface area contributed by atoms with Crippen LogP contribution in [0.4, 0.5) is 5.82 Å². The molecule has 1 heterocycles. The first kappa shape index (κ1) is 13.9. The van der Waals surface area contributed by atoms with Gasteiger partial charge in [0.05, 0.1) is 13.5 Å². The quantitative estimate of drug-likeness (QED) is 0.752. The van der Waals surface area contributed by atoms with E-state index < -0.39 is 17.5 Å². The molecule has 0 aliphatic rings.